The van der Waals surface area contributed by atoms with Gasteiger partial charge in [-0.1, -0.05) is 34.1 Å². The van der Waals surface area contributed by atoms with Crippen LogP contribution in [0.3, 0.4) is 0 Å². The lowest BCUT2D eigenvalue weighted by Gasteiger charge is -2.13. The highest BCUT2D eigenvalue weighted by Gasteiger charge is 2.35. The van der Waals surface area contributed by atoms with E-state index in [-0.39, 0.29) is 17.7 Å². The van der Waals surface area contributed by atoms with Gasteiger partial charge in [0.05, 0.1) is 18.6 Å². The van der Waals surface area contributed by atoms with E-state index in [4.69, 9.17) is 9.47 Å². The smallest absolute Gasteiger partial charge is 0.293 e. The number of carbonyl (C=O) groups excluding carboxylic acids is 2. The first-order valence-electron chi connectivity index (χ1n) is 11.9. The van der Waals surface area contributed by atoms with Crippen molar-refractivity contribution in [2.24, 2.45) is 0 Å². The molecule has 3 aromatic carbocycles. The summed E-state index contributed by atoms with van der Waals surface area (Å²) in [5, 5.41) is -0.266. The third-order valence-corrected chi connectivity index (χ3v) is 7.99. The minimum absolute atomic E-state index is 0.230. The number of aryl methyl sites for hydroxylation is 1. The summed E-state index contributed by atoms with van der Waals surface area (Å²) in [5.41, 5.74) is 4.75. The molecule has 2 amide bonds. The van der Waals surface area contributed by atoms with Gasteiger partial charge in [0, 0.05) is 21.5 Å². The minimum Gasteiger partial charge on any atom is -0.497 e. The van der Waals surface area contributed by atoms with E-state index in [1.807, 2.05) is 98.8 Å². The number of hydrogen-bond acceptors (Lipinski definition) is 5. The molecule has 0 atom stereocenters. The fourth-order valence-electron chi connectivity index (χ4n) is 4.35. The lowest BCUT2D eigenvalue weighted by Crippen LogP contribution is -2.27. The Hall–Kier alpha value is -3.75. The number of benzene rings is 3. The van der Waals surface area contributed by atoms with Gasteiger partial charge in [-0.2, -0.15) is 0 Å². The van der Waals surface area contributed by atoms with Gasteiger partial charge in [-0.25, -0.2) is 0 Å². The second-order valence-electron chi connectivity index (χ2n) is 8.79. The van der Waals surface area contributed by atoms with E-state index in [0.717, 1.165) is 61.7 Å². The number of ether oxygens (including phenoxy) is 2. The number of hydrogen-bond donors (Lipinski definition) is 0. The molecule has 8 heteroatoms. The van der Waals surface area contributed by atoms with E-state index in [2.05, 4.69) is 20.5 Å². The van der Waals surface area contributed by atoms with E-state index in [1.54, 1.807) is 7.11 Å². The molecule has 1 saturated heterocycles. The molecule has 1 fully saturated rings. The average Bonchev–Trinajstić information content (AvgIpc) is 3.34. The van der Waals surface area contributed by atoms with Gasteiger partial charge in [-0.3, -0.25) is 14.5 Å². The summed E-state index contributed by atoms with van der Waals surface area (Å²) in [5.74, 6) is 1.94. The quantitative estimate of drug-likeness (QED) is 0.205. The van der Waals surface area contributed by atoms with Crippen LogP contribution in [0.2, 0.25) is 0 Å². The monoisotopic (exact) mass is 588 g/mol. The number of thioether (sulfide) groups is 1. The molecule has 38 heavy (non-hydrogen) atoms. The molecule has 6 nitrogen and oxygen atoms in total. The maximum atomic E-state index is 13.1. The summed E-state index contributed by atoms with van der Waals surface area (Å²) in [6.45, 7) is 4.25. The second kappa shape index (κ2) is 10.9. The molecule has 192 valence electrons. The molecular formula is C30H25BrN2O4S. The summed E-state index contributed by atoms with van der Waals surface area (Å²) < 4.78 is 14.1. The van der Waals surface area contributed by atoms with Crippen molar-refractivity contribution in [3.8, 4) is 22.9 Å². The van der Waals surface area contributed by atoms with Crippen LogP contribution in [0.4, 0.5) is 4.79 Å². The lowest BCUT2D eigenvalue weighted by atomic mass is 10.2. The standard InChI is InChI=1S/C30H25BrN2O4S/c1-19-16-22(17-28-29(34)32(30(35)38-28)18-21-6-4-5-7-27(21)31)20(2)33(19)23-8-10-25(11-9-23)37-26-14-12-24(36-3)13-15-26/h4-17H,18H2,1-3H3/b28-17-. The Morgan fingerprint density at radius 3 is 2.18 bits per heavy atom. The van der Waals surface area contributed by atoms with Crippen LogP contribution in [0.25, 0.3) is 11.8 Å². The molecule has 0 N–H and O–H groups in total. The Labute approximate surface area is 234 Å². The van der Waals surface area contributed by atoms with E-state index in [9.17, 15) is 9.59 Å². The number of aromatic nitrogens is 1. The fourth-order valence-corrected chi connectivity index (χ4v) is 5.59. The van der Waals surface area contributed by atoms with Crippen molar-refractivity contribution in [1.29, 1.82) is 0 Å². The molecule has 1 aliphatic rings. The van der Waals surface area contributed by atoms with Crippen molar-refractivity contribution in [3.63, 3.8) is 0 Å². The molecule has 0 spiro atoms. The zero-order valence-electron chi connectivity index (χ0n) is 21.1. The largest absolute Gasteiger partial charge is 0.497 e. The highest BCUT2D eigenvalue weighted by Crippen LogP contribution is 2.35. The van der Waals surface area contributed by atoms with Gasteiger partial charge in [0.1, 0.15) is 17.2 Å². The Morgan fingerprint density at radius 1 is 0.895 bits per heavy atom. The van der Waals surface area contributed by atoms with Crippen molar-refractivity contribution < 1.29 is 19.1 Å². The SMILES string of the molecule is COc1ccc(Oc2ccc(-n3c(C)cc(/C=C4\SC(=O)N(Cc5ccccc5Br)C4=O)c3C)cc2)cc1. The second-order valence-corrected chi connectivity index (χ2v) is 10.6. The Kier molecular flexibility index (Phi) is 7.44. The van der Waals surface area contributed by atoms with Crippen LogP contribution >= 0.6 is 27.7 Å². The molecular weight excluding hydrogens is 564 g/mol. The average molecular weight is 590 g/mol. The number of halogens is 1. The third-order valence-electron chi connectivity index (χ3n) is 6.31. The number of nitrogens with zero attached hydrogens (tertiary/aromatic N) is 2. The highest BCUT2D eigenvalue weighted by atomic mass is 79.9. The molecule has 0 bridgehead atoms. The predicted molar refractivity (Wildman–Crippen MR) is 154 cm³/mol. The number of amides is 2. The van der Waals surface area contributed by atoms with Gasteiger partial charge >= 0.3 is 0 Å². The first-order chi connectivity index (χ1) is 18.3. The van der Waals surface area contributed by atoms with Crippen LogP contribution in [0.5, 0.6) is 17.2 Å². The fraction of sp³-hybridized carbons (Fsp3) is 0.133. The maximum absolute atomic E-state index is 13.1. The number of methoxy groups -OCH3 is 1. The van der Waals surface area contributed by atoms with Gasteiger partial charge in [-0.15, -0.1) is 0 Å². The topological polar surface area (TPSA) is 60.8 Å². The third kappa shape index (κ3) is 5.28. The van der Waals surface area contributed by atoms with Crippen LogP contribution in [0, 0.1) is 13.8 Å². The van der Waals surface area contributed by atoms with Crippen molar-refractivity contribution in [3.05, 3.63) is 111 Å². The maximum Gasteiger partial charge on any atom is 0.293 e. The minimum atomic E-state index is -0.277. The molecule has 0 radical (unpaired) electrons. The van der Waals surface area contributed by atoms with Crippen LogP contribution in [0.15, 0.2) is 88.2 Å². The van der Waals surface area contributed by atoms with Crippen molar-refractivity contribution in [2.45, 2.75) is 20.4 Å². The molecule has 0 aliphatic carbocycles. The summed E-state index contributed by atoms with van der Waals surface area (Å²) in [6.07, 6.45) is 1.81. The predicted octanol–water partition coefficient (Wildman–Crippen LogP) is 7.89. The van der Waals surface area contributed by atoms with Crippen LogP contribution in [-0.2, 0) is 11.3 Å². The number of imide groups is 1. The molecule has 4 aromatic rings. The zero-order valence-corrected chi connectivity index (χ0v) is 23.5. The van der Waals surface area contributed by atoms with E-state index in [1.165, 1.54) is 4.90 Å². The summed E-state index contributed by atoms with van der Waals surface area (Å²) >= 11 is 4.47. The van der Waals surface area contributed by atoms with E-state index >= 15 is 0 Å². The number of carbonyl (C=O) groups is 2. The molecule has 2 heterocycles. The Balaban J connectivity index is 1.35. The first kappa shape index (κ1) is 25.9. The van der Waals surface area contributed by atoms with Gasteiger partial charge in [0.2, 0.25) is 0 Å². The highest BCUT2D eigenvalue weighted by molar-refractivity contribution is 9.10. The van der Waals surface area contributed by atoms with E-state index in [0.29, 0.717) is 4.91 Å². The number of rotatable bonds is 7. The normalized spacial score (nSPS) is 14.4. The molecule has 0 saturated carbocycles. The van der Waals surface area contributed by atoms with Crippen molar-refractivity contribution >= 4 is 44.9 Å². The van der Waals surface area contributed by atoms with Gasteiger partial charge in [0.15, 0.2) is 0 Å². The van der Waals surface area contributed by atoms with E-state index < -0.39 is 0 Å². The summed E-state index contributed by atoms with van der Waals surface area (Å²) in [6, 6.07) is 24.9. The molecule has 5 rings (SSSR count). The van der Waals surface area contributed by atoms with Crippen LogP contribution < -0.4 is 9.47 Å². The van der Waals surface area contributed by atoms with Crippen LogP contribution in [0.1, 0.15) is 22.5 Å². The van der Waals surface area contributed by atoms with Gasteiger partial charge in [0.25, 0.3) is 11.1 Å². The Morgan fingerprint density at radius 2 is 1.53 bits per heavy atom. The van der Waals surface area contributed by atoms with Crippen molar-refractivity contribution in [2.75, 3.05) is 7.11 Å². The molecule has 0 unspecified atom stereocenters. The lowest BCUT2D eigenvalue weighted by molar-refractivity contribution is -0.123. The summed E-state index contributed by atoms with van der Waals surface area (Å²) in [4.78, 5) is 27.5. The van der Waals surface area contributed by atoms with Crippen LogP contribution in [-0.4, -0.2) is 27.7 Å². The molecule has 1 aromatic heterocycles. The van der Waals surface area contributed by atoms with Gasteiger partial charge < -0.3 is 14.0 Å². The summed E-state index contributed by atoms with van der Waals surface area (Å²) in [7, 11) is 1.63. The first-order valence-corrected chi connectivity index (χ1v) is 13.5. The zero-order chi connectivity index (χ0) is 26.8. The van der Waals surface area contributed by atoms with Gasteiger partial charge in [-0.05, 0) is 103 Å². The Bertz CT molecular complexity index is 1540. The molecule has 1 aliphatic heterocycles. The van der Waals surface area contributed by atoms with Crippen molar-refractivity contribution in [1.82, 2.24) is 9.47 Å².